The average molecular weight is 438 g/mol. The van der Waals surface area contributed by atoms with Crippen molar-refractivity contribution in [1.82, 2.24) is 4.98 Å². The number of hydrogen-bond donors (Lipinski definition) is 1. The third-order valence-electron chi connectivity index (χ3n) is 3.15. The molecule has 7 heteroatoms. The summed E-state index contributed by atoms with van der Waals surface area (Å²) in [5.74, 6) is 1.30. The molecule has 0 atom stereocenters. The van der Waals surface area contributed by atoms with Crippen molar-refractivity contribution in [3.8, 4) is 11.3 Å². The number of nitrogens with one attached hydrogen (secondary N) is 1. The smallest absolute Gasteiger partial charge is 0.249 e. The third-order valence-corrected chi connectivity index (χ3v) is 4.06. The highest BCUT2D eigenvalue weighted by Gasteiger charge is 2.06. The van der Waals surface area contributed by atoms with Gasteiger partial charge in [0.15, 0.2) is 0 Å². The normalized spacial score (nSPS) is 11.0. The maximum Gasteiger partial charge on any atom is 0.249 e. The van der Waals surface area contributed by atoms with Crippen LogP contribution in [0.4, 0.5) is 5.82 Å². The van der Waals surface area contributed by atoms with Crippen LogP contribution in [0.2, 0.25) is 10.0 Å². The lowest BCUT2D eigenvalue weighted by atomic mass is 10.2. The summed E-state index contributed by atoms with van der Waals surface area (Å²) < 4.78 is 6.53. The molecule has 25 heavy (non-hydrogen) atoms. The van der Waals surface area contributed by atoms with Gasteiger partial charge in [0, 0.05) is 32.4 Å². The molecule has 0 fully saturated rings. The molecule has 4 nitrogen and oxygen atoms in total. The first-order valence-corrected chi connectivity index (χ1v) is 8.71. The lowest BCUT2D eigenvalue weighted by Crippen LogP contribution is -2.08. The summed E-state index contributed by atoms with van der Waals surface area (Å²) in [7, 11) is 0. The Morgan fingerprint density at radius 1 is 1.12 bits per heavy atom. The molecular weight excluding hydrogens is 427 g/mol. The van der Waals surface area contributed by atoms with E-state index in [0.717, 1.165) is 10.0 Å². The van der Waals surface area contributed by atoms with Crippen molar-refractivity contribution in [3.63, 3.8) is 0 Å². The molecule has 0 saturated heterocycles. The molecular formula is C18H11BrCl2N2O2. The zero-order valence-electron chi connectivity index (χ0n) is 12.7. The van der Waals surface area contributed by atoms with Crippen LogP contribution in [0.1, 0.15) is 5.76 Å². The number of pyridine rings is 1. The number of carbonyl (C=O) groups is 1. The maximum atomic E-state index is 11.9. The standard InChI is InChI=1S/C18H11BrCl2N2O2/c19-12-1-5-17(22-10-12)23-18(24)6-3-15-2-4-16(25-15)11-7-13(20)9-14(21)8-11/h1-10H,(H,22,23,24)/b6-3+. The Morgan fingerprint density at radius 3 is 2.56 bits per heavy atom. The Kier molecular flexibility index (Phi) is 5.58. The first-order chi connectivity index (χ1) is 12.0. The van der Waals surface area contributed by atoms with Gasteiger partial charge in [0.1, 0.15) is 17.3 Å². The van der Waals surface area contributed by atoms with Crippen molar-refractivity contribution >= 4 is 56.9 Å². The second kappa shape index (κ2) is 7.87. The van der Waals surface area contributed by atoms with Gasteiger partial charge < -0.3 is 9.73 Å². The fraction of sp³-hybridized carbons (Fsp3) is 0. The van der Waals surface area contributed by atoms with Gasteiger partial charge in [0.2, 0.25) is 5.91 Å². The van der Waals surface area contributed by atoms with Crippen LogP contribution in [0, 0.1) is 0 Å². The summed E-state index contributed by atoms with van der Waals surface area (Å²) in [4.78, 5) is 16.0. The highest BCUT2D eigenvalue weighted by Crippen LogP contribution is 2.28. The Hall–Kier alpha value is -2.08. The molecule has 3 rings (SSSR count). The number of furan rings is 1. The highest BCUT2D eigenvalue weighted by atomic mass is 79.9. The van der Waals surface area contributed by atoms with E-state index in [-0.39, 0.29) is 5.91 Å². The predicted octanol–water partition coefficient (Wildman–Crippen LogP) is 6.06. The van der Waals surface area contributed by atoms with E-state index in [4.69, 9.17) is 27.6 Å². The van der Waals surface area contributed by atoms with Crippen molar-refractivity contribution in [3.05, 3.63) is 75.0 Å². The molecule has 0 aliphatic carbocycles. The predicted molar refractivity (Wildman–Crippen MR) is 104 cm³/mol. The molecule has 0 spiro atoms. The molecule has 0 saturated carbocycles. The van der Waals surface area contributed by atoms with Crippen molar-refractivity contribution in [2.45, 2.75) is 0 Å². The van der Waals surface area contributed by atoms with Gasteiger partial charge in [-0.2, -0.15) is 0 Å². The summed E-state index contributed by atoms with van der Waals surface area (Å²) in [6.45, 7) is 0. The molecule has 2 heterocycles. The molecule has 0 unspecified atom stereocenters. The molecule has 126 valence electrons. The Bertz CT molecular complexity index is 916. The second-order valence-electron chi connectivity index (χ2n) is 5.04. The van der Waals surface area contributed by atoms with Gasteiger partial charge in [-0.15, -0.1) is 0 Å². The zero-order valence-corrected chi connectivity index (χ0v) is 15.8. The minimum atomic E-state index is -0.307. The number of hydrogen-bond acceptors (Lipinski definition) is 3. The van der Waals surface area contributed by atoms with E-state index in [9.17, 15) is 4.79 Å². The topological polar surface area (TPSA) is 55.1 Å². The first kappa shape index (κ1) is 17.7. The summed E-state index contributed by atoms with van der Waals surface area (Å²) in [6.07, 6.45) is 4.55. The minimum Gasteiger partial charge on any atom is -0.457 e. The molecule has 1 aromatic carbocycles. The van der Waals surface area contributed by atoms with E-state index in [1.165, 1.54) is 6.08 Å². The zero-order chi connectivity index (χ0) is 17.8. The van der Waals surface area contributed by atoms with E-state index in [1.807, 2.05) is 0 Å². The van der Waals surface area contributed by atoms with Crippen LogP contribution in [0.5, 0.6) is 0 Å². The van der Waals surface area contributed by atoms with Gasteiger partial charge in [-0.25, -0.2) is 4.98 Å². The third kappa shape index (κ3) is 4.95. The molecule has 0 radical (unpaired) electrons. The van der Waals surface area contributed by atoms with E-state index in [2.05, 4.69) is 26.2 Å². The average Bonchev–Trinajstić information content (AvgIpc) is 3.03. The van der Waals surface area contributed by atoms with Gasteiger partial charge in [-0.05, 0) is 64.5 Å². The molecule has 1 N–H and O–H groups in total. The van der Waals surface area contributed by atoms with Crippen LogP contribution in [0.25, 0.3) is 17.4 Å². The van der Waals surface area contributed by atoms with Crippen LogP contribution in [-0.4, -0.2) is 10.9 Å². The summed E-state index contributed by atoms with van der Waals surface area (Å²) in [5, 5.41) is 3.71. The van der Waals surface area contributed by atoms with E-state index in [1.54, 1.807) is 54.7 Å². The maximum absolute atomic E-state index is 11.9. The minimum absolute atomic E-state index is 0.307. The van der Waals surface area contributed by atoms with Gasteiger partial charge in [-0.3, -0.25) is 4.79 Å². The molecule has 0 aliphatic rings. The lowest BCUT2D eigenvalue weighted by Gasteiger charge is -2.00. The largest absolute Gasteiger partial charge is 0.457 e. The number of carbonyl (C=O) groups excluding carboxylic acids is 1. The molecule has 2 aromatic heterocycles. The SMILES string of the molecule is O=C(/C=C/c1ccc(-c2cc(Cl)cc(Cl)c2)o1)Nc1ccc(Br)cn1. The van der Waals surface area contributed by atoms with E-state index in [0.29, 0.717) is 27.4 Å². The molecule has 1 amide bonds. The lowest BCUT2D eigenvalue weighted by molar-refractivity contribution is -0.111. The monoisotopic (exact) mass is 436 g/mol. The first-order valence-electron chi connectivity index (χ1n) is 7.16. The Balaban J connectivity index is 1.69. The number of rotatable bonds is 4. The summed E-state index contributed by atoms with van der Waals surface area (Å²) >= 11 is 15.3. The fourth-order valence-electron chi connectivity index (χ4n) is 2.07. The summed E-state index contributed by atoms with van der Waals surface area (Å²) in [5.41, 5.74) is 0.765. The fourth-order valence-corrected chi connectivity index (χ4v) is 2.83. The number of anilines is 1. The van der Waals surface area contributed by atoms with Crippen LogP contribution < -0.4 is 5.32 Å². The van der Waals surface area contributed by atoms with Crippen LogP contribution in [0.15, 0.2) is 63.6 Å². The van der Waals surface area contributed by atoms with Gasteiger partial charge in [0.05, 0.1) is 0 Å². The van der Waals surface area contributed by atoms with Crippen LogP contribution in [0.3, 0.4) is 0 Å². The van der Waals surface area contributed by atoms with Gasteiger partial charge in [0.25, 0.3) is 0 Å². The van der Waals surface area contributed by atoms with Crippen molar-refractivity contribution in [2.24, 2.45) is 0 Å². The van der Waals surface area contributed by atoms with Crippen LogP contribution in [-0.2, 0) is 4.79 Å². The highest BCUT2D eigenvalue weighted by molar-refractivity contribution is 9.10. The van der Waals surface area contributed by atoms with E-state index < -0.39 is 0 Å². The molecule has 3 aromatic rings. The number of amides is 1. The van der Waals surface area contributed by atoms with Gasteiger partial charge in [-0.1, -0.05) is 23.2 Å². The second-order valence-corrected chi connectivity index (χ2v) is 6.83. The van der Waals surface area contributed by atoms with Crippen LogP contribution >= 0.6 is 39.1 Å². The number of benzene rings is 1. The number of aromatic nitrogens is 1. The molecule has 0 aliphatic heterocycles. The van der Waals surface area contributed by atoms with Crippen molar-refractivity contribution in [2.75, 3.05) is 5.32 Å². The summed E-state index contributed by atoms with van der Waals surface area (Å²) in [6, 6.07) is 12.2. The van der Waals surface area contributed by atoms with Gasteiger partial charge >= 0.3 is 0 Å². The van der Waals surface area contributed by atoms with Crippen molar-refractivity contribution in [1.29, 1.82) is 0 Å². The van der Waals surface area contributed by atoms with Crippen molar-refractivity contribution < 1.29 is 9.21 Å². The Morgan fingerprint density at radius 2 is 1.88 bits per heavy atom. The Labute approximate surface area is 162 Å². The van der Waals surface area contributed by atoms with E-state index >= 15 is 0 Å². The number of halogens is 3. The quantitative estimate of drug-likeness (QED) is 0.504. The molecule has 0 bridgehead atoms. The number of nitrogens with zero attached hydrogens (tertiary/aromatic N) is 1.